The van der Waals surface area contributed by atoms with Crippen LogP contribution in [-0.2, 0) is 4.79 Å². The highest BCUT2D eigenvalue weighted by Crippen LogP contribution is 2.29. The van der Waals surface area contributed by atoms with Crippen molar-refractivity contribution in [2.45, 2.75) is 25.8 Å². The molecule has 1 saturated carbocycles. The number of pyridine rings is 1. The minimum Gasteiger partial charge on any atom is -0.481 e. The zero-order chi connectivity index (χ0) is 13.1. The number of aliphatic carboxylic acids is 1. The van der Waals surface area contributed by atoms with E-state index < -0.39 is 11.9 Å². The lowest BCUT2D eigenvalue weighted by atomic mass is 10.1. The molecule has 1 aliphatic rings. The van der Waals surface area contributed by atoms with Crippen LogP contribution in [0.1, 0.15) is 30.1 Å². The number of rotatable bonds is 5. The van der Waals surface area contributed by atoms with Gasteiger partial charge in [-0.05, 0) is 25.0 Å². The molecule has 1 N–H and O–H groups in total. The van der Waals surface area contributed by atoms with Crippen LogP contribution in [0.3, 0.4) is 0 Å². The molecule has 0 unspecified atom stereocenters. The molecular weight excluding hydrogens is 232 g/mol. The van der Waals surface area contributed by atoms with Crippen LogP contribution >= 0.6 is 0 Å². The topological polar surface area (TPSA) is 70.5 Å². The highest BCUT2D eigenvalue weighted by molar-refractivity contribution is 5.94. The maximum atomic E-state index is 12.3. The maximum Gasteiger partial charge on any atom is 0.308 e. The summed E-state index contributed by atoms with van der Waals surface area (Å²) in [5.41, 5.74) is 0.516. The smallest absolute Gasteiger partial charge is 0.308 e. The van der Waals surface area contributed by atoms with E-state index >= 15 is 0 Å². The Morgan fingerprint density at radius 1 is 1.56 bits per heavy atom. The summed E-state index contributed by atoms with van der Waals surface area (Å²) in [7, 11) is 0. The van der Waals surface area contributed by atoms with E-state index in [1.54, 1.807) is 30.2 Å². The Morgan fingerprint density at radius 3 is 2.78 bits per heavy atom. The number of aromatic nitrogens is 1. The van der Waals surface area contributed by atoms with Gasteiger partial charge in [0.05, 0.1) is 11.5 Å². The lowest BCUT2D eigenvalue weighted by Gasteiger charge is -2.24. The van der Waals surface area contributed by atoms with Gasteiger partial charge < -0.3 is 10.0 Å². The van der Waals surface area contributed by atoms with E-state index in [0.717, 1.165) is 12.8 Å². The summed E-state index contributed by atoms with van der Waals surface area (Å²) in [6, 6.07) is 3.61. The van der Waals surface area contributed by atoms with E-state index in [1.165, 1.54) is 6.20 Å². The fourth-order valence-electron chi connectivity index (χ4n) is 1.81. The molecule has 1 aliphatic carbocycles. The van der Waals surface area contributed by atoms with Crippen molar-refractivity contribution in [3.8, 4) is 0 Å². The standard InChI is InChI=1S/C13H16N2O3/c1-9(13(17)18)8-15(11-4-5-11)12(16)10-3-2-6-14-7-10/h2-3,6-7,9,11H,4-5,8H2,1H3,(H,17,18)/t9-/m0/s1. The van der Waals surface area contributed by atoms with Crippen molar-refractivity contribution < 1.29 is 14.7 Å². The van der Waals surface area contributed by atoms with Gasteiger partial charge in [0.2, 0.25) is 0 Å². The maximum absolute atomic E-state index is 12.3. The van der Waals surface area contributed by atoms with Crippen molar-refractivity contribution in [1.82, 2.24) is 9.88 Å². The molecule has 0 bridgehead atoms. The summed E-state index contributed by atoms with van der Waals surface area (Å²) in [5.74, 6) is -1.55. The molecule has 0 radical (unpaired) electrons. The van der Waals surface area contributed by atoms with Gasteiger partial charge in [-0.3, -0.25) is 14.6 Å². The second-order valence-corrected chi connectivity index (χ2v) is 4.67. The van der Waals surface area contributed by atoms with Gasteiger partial charge in [0.25, 0.3) is 5.91 Å². The molecule has 5 nitrogen and oxygen atoms in total. The molecule has 5 heteroatoms. The molecule has 0 spiro atoms. The summed E-state index contributed by atoms with van der Waals surface area (Å²) in [5, 5.41) is 8.94. The predicted molar refractivity (Wildman–Crippen MR) is 65.1 cm³/mol. The van der Waals surface area contributed by atoms with Gasteiger partial charge >= 0.3 is 5.97 Å². The van der Waals surface area contributed by atoms with Gasteiger partial charge in [-0.15, -0.1) is 0 Å². The van der Waals surface area contributed by atoms with Crippen LogP contribution in [-0.4, -0.2) is 39.5 Å². The third-order valence-electron chi connectivity index (χ3n) is 3.05. The second-order valence-electron chi connectivity index (χ2n) is 4.67. The van der Waals surface area contributed by atoms with E-state index in [4.69, 9.17) is 5.11 Å². The van der Waals surface area contributed by atoms with Gasteiger partial charge in [0, 0.05) is 25.0 Å². The van der Waals surface area contributed by atoms with Gasteiger partial charge in [0.1, 0.15) is 0 Å². The normalized spacial score (nSPS) is 16.1. The van der Waals surface area contributed by atoms with Crippen LogP contribution in [0.15, 0.2) is 24.5 Å². The molecule has 18 heavy (non-hydrogen) atoms. The second kappa shape index (κ2) is 5.16. The van der Waals surface area contributed by atoms with E-state index in [0.29, 0.717) is 5.56 Å². The average molecular weight is 248 g/mol. The molecule has 2 rings (SSSR count). The number of carbonyl (C=O) groups excluding carboxylic acids is 1. The molecule has 1 fully saturated rings. The molecular formula is C13H16N2O3. The number of hydrogen-bond acceptors (Lipinski definition) is 3. The van der Waals surface area contributed by atoms with Crippen molar-refractivity contribution in [2.75, 3.05) is 6.54 Å². The first-order valence-corrected chi connectivity index (χ1v) is 6.03. The Morgan fingerprint density at radius 2 is 2.28 bits per heavy atom. The van der Waals surface area contributed by atoms with Crippen molar-refractivity contribution in [3.05, 3.63) is 30.1 Å². The van der Waals surface area contributed by atoms with Crippen LogP contribution in [0.5, 0.6) is 0 Å². The third kappa shape index (κ3) is 2.85. The Labute approximate surface area is 105 Å². The van der Waals surface area contributed by atoms with E-state index in [9.17, 15) is 9.59 Å². The summed E-state index contributed by atoms with van der Waals surface area (Å²) in [6.45, 7) is 1.88. The number of amides is 1. The lowest BCUT2D eigenvalue weighted by molar-refractivity contribution is -0.141. The average Bonchev–Trinajstić information content (AvgIpc) is 3.20. The van der Waals surface area contributed by atoms with E-state index in [1.807, 2.05) is 0 Å². The summed E-state index contributed by atoms with van der Waals surface area (Å²) in [4.78, 5) is 28.7. The van der Waals surface area contributed by atoms with Crippen molar-refractivity contribution in [3.63, 3.8) is 0 Å². The third-order valence-corrected chi connectivity index (χ3v) is 3.05. The predicted octanol–water partition coefficient (Wildman–Crippen LogP) is 1.41. The van der Waals surface area contributed by atoms with Crippen LogP contribution in [0.25, 0.3) is 0 Å². The molecule has 0 aromatic carbocycles. The van der Waals surface area contributed by atoms with Crippen LogP contribution in [0.4, 0.5) is 0 Å². The van der Waals surface area contributed by atoms with Gasteiger partial charge in [-0.2, -0.15) is 0 Å². The van der Waals surface area contributed by atoms with E-state index in [-0.39, 0.29) is 18.5 Å². The summed E-state index contributed by atoms with van der Waals surface area (Å²) >= 11 is 0. The van der Waals surface area contributed by atoms with Crippen molar-refractivity contribution in [2.24, 2.45) is 5.92 Å². The monoisotopic (exact) mass is 248 g/mol. The number of hydrogen-bond donors (Lipinski definition) is 1. The molecule has 1 heterocycles. The Hall–Kier alpha value is -1.91. The highest BCUT2D eigenvalue weighted by Gasteiger charge is 2.34. The first-order chi connectivity index (χ1) is 8.59. The number of carbonyl (C=O) groups is 2. The van der Waals surface area contributed by atoms with Crippen LogP contribution < -0.4 is 0 Å². The molecule has 1 aromatic heterocycles. The molecule has 1 amide bonds. The fourth-order valence-corrected chi connectivity index (χ4v) is 1.81. The largest absolute Gasteiger partial charge is 0.481 e. The Kier molecular flexibility index (Phi) is 3.60. The van der Waals surface area contributed by atoms with Gasteiger partial charge in [0.15, 0.2) is 0 Å². The minimum atomic E-state index is -0.875. The van der Waals surface area contributed by atoms with E-state index in [2.05, 4.69) is 4.98 Å². The number of carboxylic acids is 1. The Balaban J connectivity index is 2.11. The van der Waals surface area contributed by atoms with Gasteiger partial charge in [-0.1, -0.05) is 6.92 Å². The SMILES string of the molecule is C[C@@H](CN(C(=O)c1cccnc1)C1CC1)C(=O)O. The van der Waals surface area contributed by atoms with Crippen LogP contribution in [0, 0.1) is 5.92 Å². The number of carboxylic acid groups (broad SMARTS) is 1. The van der Waals surface area contributed by atoms with Gasteiger partial charge in [-0.25, -0.2) is 0 Å². The minimum absolute atomic E-state index is 0.126. The summed E-state index contributed by atoms with van der Waals surface area (Å²) in [6.07, 6.45) is 5.04. The van der Waals surface area contributed by atoms with Crippen LogP contribution in [0.2, 0.25) is 0 Å². The highest BCUT2D eigenvalue weighted by atomic mass is 16.4. The molecule has 1 atom stereocenters. The lowest BCUT2D eigenvalue weighted by Crippen LogP contribution is -2.38. The molecule has 1 aromatic rings. The summed E-state index contributed by atoms with van der Waals surface area (Å²) < 4.78 is 0. The Bertz CT molecular complexity index is 443. The number of nitrogens with zero attached hydrogens (tertiary/aromatic N) is 2. The van der Waals surface area contributed by atoms with Crippen molar-refractivity contribution in [1.29, 1.82) is 0 Å². The quantitative estimate of drug-likeness (QED) is 0.855. The zero-order valence-corrected chi connectivity index (χ0v) is 10.2. The first-order valence-electron chi connectivity index (χ1n) is 6.03. The fraction of sp³-hybridized carbons (Fsp3) is 0.462. The first kappa shape index (κ1) is 12.5. The zero-order valence-electron chi connectivity index (χ0n) is 10.2. The molecule has 0 aliphatic heterocycles. The molecule has 0 saturated heterocycles. The van der Waals surface area contributed by atoms with Crippen molar-refractivity contribution >= 4 is 11.9 Å². The molecule has 96 valence electrons.